The van der Waals surface area contributed by atoms with E-state index >= 15 is 0 Å². The Morgan fingerprint density at radius 2 is 2.00 bits per heavy atom. The van der Waals surface area contributed by atoms with Gasteiger partial charge >= 0.3 is 0 Å². The van der Waals surface area contributed by atoms with Crippen LogP contribution in [0.2, 0.25) is 0 Å². The fraction of sp³-hybridized carbons (Fsp3) is 0.200. The van der Waals surface area contributed by atoms with E-state index in [4.69, 9.17) is 5.73 Å². The number of hydrogen-bond acceptors (Lipinski definition) is 3. The monoisotopic (exact) mass is 266 g/mol. The first-order chi connectivity index (χ1) is 7.20. The number of aryl methyl sites for hydroxylation is 1. The average Bonchev–Trinajstić information content (AvgIpc) is 2.61. The Morgan fingerprint density at radius 3 is 2.53 bits per heavy atom. The van der Waals surface area contributed by atoms with E-state index in [0.29, 0.717) is 12.4 Å². The minimum absolute atomic E-state index is 0.403. The lowest BCUT2D eigenvalue weighted by Crippen LogP contribution is -2.05. The first-order valence-electron chi connectivity index (χ1n) is 4.56. The highest BCUT2D eigenvalue weighted by Gasteiger charge is 2.07. The maximum absolute atomic E-state index is 5.54. The van der Waals surface area contributed by atoms with Gasteiger partial charge in [0.1, 0.15) is 5.82 Å². The molecule has 0 spiro atoms. The van der Waals surface area contributed by atoms with Gasteiger partial charge in [0.15, 0.2) is 5.82 Å². The molecule has 0 fully saturated rings. The van der Waals surface area contributed by atoms with Crippen LogP contribution in [0.25, 0.3) is 11.4 Å². The van der Waals surface area contributed by atoms with Crippen molar-refractivity contribution >= 4 is 15.9 Å². The van der Waals surface area contributed by atoms with Gasteiger partial charge in [-0.1, -0.05) is 28.1 Å². The van der Waals surface area contributed by atoms with Gasteiger partial charge in [-0.15, -0.1) is 0 Å². The van der Waals surface area contributed by atoms with Crippen LogP contribution in [0.1, 0.15) is 5.82 Å². The first kappa shape index (κ1) is 10.3. The lowest BCUT2D eigenvalue weighted by molar-refractivity contribution is 0.703. The summed E-state index contributed by atoms with van der Waals surface area (Å²) in [5, 5.41) is 4.29. The molecule has 0 aliphatic rings. The summed E-state index contributed by atoms with van der Waals surface area (Å²) in [6.07, 6.45) is 0. The summed E-state index contributed by atoms with van der Waals surface area (Å²) >= 11 is 3.39. The molecule has 0 saturated carbocycles. The molecule has 0 unspecified atom stereocenters. The Bertz CT molecular complexity index is 461. The second-order valence-corrected chi connectivity index (χ2v) is 4.10. The number of rotatable bonds is 2. The van der Waals surface area contributed by atoms with Crippen molar-refractivity contribution in [1.82, 2.24) is 14.8 Å². The molecule has 0 radical (unpaired) electrons. The van der Waals surface area contributed by atoms with E-state index in [1.807, 2.05) is 31.3 Å². The minimum atomic E-state index is 0.403. The first-order valence-corrected chi connectivity index (χ1v) is 5.36. The molecule has 1 heterocycles. The fourth-order valence-electron chi connectivity index (χ4n) is 1.32. The Balaban J connectivity index is 2.41. The van der Waals surface area contributed by atoms with Crippen molar-refractivity contribution in [2.24, 2.45) is 12.8 Å². The van der Waals surface area contributed by atoms with Crippen molar-refractivity contribution in [2.45, 2.75) is 6.54 Å². The van der Waals surface area contributed by atoms with Gasteiger partial charge in [-0.2, -0.15) is 5.10 Å². The highest BCUT2D eigenvalue weighted by atomic mass is 79.9. The third kappa shape index (κ3) is 2.08. The average molecular weight is 267 g/mol. The van der Waals surface area contributed by atoms with E-state index in [-0.39, 0.29) is 0 Å². The van der Waals surface area contributed by atoms with Gasteiger partial charge in [0.25, 0.3) is 0 Å². The van der Waals surface area contributed by atoms with Gasteiger partial charge in [0.05, 0.1) is 6.54 Å². The van der Waals surface area contributed by atoms with Crippen LogP contribution >= 0.6 is 15.9 Å². The van der Waals surface area contributed by atoms with Crippen LogP contribution in [0.4, 0.5) is 0 Å². The number of benzene rings is 1. The molecule has 1 aromatic carbocycles. The summed E-state index contributed by atoms with van der Waals surface area (Å²) in [6, 6.07) is 7.88. The van der Waals surface area contributed by atoms with Crippen LogP contribution in [0, 0.1) is 0 Å². The number of hydrogen-bond donors (Lipinski definition) is 1. The van der Waals surface area contributed by atoms with Crippen molar-refractivity contribution < 1.29 is 0 Å². The minimum Gasteiger partial charge on any atom is -0.324 e. The van der Waals surface area contributed by atoms with E-state index in [9.17, 15) is 0 Å². The smallest absolute Gasteiger partial charge is 0.181 e. The molecule has 4 nitrogen and oxygen atoms in total. The number of nitrogens with two attached hydrogens (primary N) is 1. The summed E-state index contributed by atoms with van der Waals surface area (Å²) in [4.78, 5) is 4.34. The summed E-state index contributed by atoms with van der Waals surface area (Å²) in [5.74, 6) is 1.50. The molecule has 0 aliphatic carbocycles. The summed E-state index contributed by atoms with van der Waals surface area (Å²) in [5.41, 5.74) is 6.53. The molecule has 0 aliphatic heterocycles. The van der Waals surface area contributed by atoms with E-state index in [0.717, 1.165) is 15.9 Å². The lowest BCUT2D eigenvalue weighted by atomic mass is 10.2. The van der Waals surface area contributed by atoms with E-state index in [2.05, 4.69) is 26.0 Å². The van der Waals surface area contributed by atoms with Crippen LogP contribution in [0.3, 0.4) is 0 Å². The molecule has 0 amide bonds. The molecule has 2 rings (SSSR count). The maximum atomic E-state index is 5.54. The standard InChI is InChI=1S/C10H11BrN4/c1-15-9(6-12)13-10(14-15)7-2-4-8(11)5-3-7/h2-5H,6,12H2,1H3. The van der Waals surface area contributed by atoms with Crippen LogP contribution in [-0.2, 0) is 13.6 Å². The van der Waals surface area contributed by atoms with E-state index < -0.39 is 0 Å². The highest BCUT2D eigenvalue weighted by Crippen LogP contribution is 2.18. The maximum Gasteiger partial charge on any atom is 0.181 e. The van der Waals surface area contributed by atoms with Crippen molar-refractivity contribution in [3.05, 3.63) is 34.6 Å². The predicted octanol–water partition coefficient (Wildman–Crippen LogP) is 1.70. The topological polar surface area (TPSA) is 56.7 Å². The predicted molar refractivity (Wildman–Crippen MR) is 62.0 cm³/mol. The Hall–Kier alpha value is -1.20. The molecular weight excluding hydrogens is 256 g/mol. The SMILES string of the molecule is Cn1nc(-c2ccc(Br)cc2)nc1CN. The molecule has 2 N–H and O–H groups in total. The number of nitrogens with zero attached hydrogens (tertiary/aromatic N) is 3. The molecule has 5 heteroatoms. The largest absolute Gasteiger partial charge is 0.324 e. The van der Waals surface area contributed by atoms with Crippen molar-refractivity contribution in [3.63, 3.8) is 0 Å². The second-order valence-electron chi connectivity index (χ2n) is 3.19. The summed E-state index contributed by atoms with van der Waals surface area (Å²) < 4.78 is 2.75. The number of aromatic nitrogens is 3. The molecule has 0 saturated heterocycles. The molecule has 0 bridgehead atoms. The van der Waals surface area contributed by atoms with E-state index in [1.165, 1.54) is 0 Å². The van der Waals surface area contributed by atoms with Gasteiger partial charge in [-0.05, 0) is 12.1 Å². The zero-order valence-electron chi connectivity index (χ0n) is 8.31. The zero-order valence-corrected chi connectivity index (χ0v) is 9.90. The molecule has 1 aromatic heterocycles. The van der Waals surface area contributed by atoms with Gasteiger partial charge in [-0.3, -0.25) is 4.68 Å². The van der Waals surface area contributed by atoms with Gasteiger partial charge < -0.3 is 5.73 Å². The molecule has 0 atom stereocenters. The van der Waals surface area contributed by atoms with Gasteiger partial charge in [-0.25, -0.2) is 4.98 Å². The molecule has 2 aromatic rings. The van der Waals surface area contributed by atoms with Crippen molar-refractivity contribution in [1.29, 1.82) is 0 Å². The summed E-state index contributed by atoms with van der Waals surface area (Å²) in [6.45, 7) is 0.403. The van der Waals surface area contributed by atoms with E-state index in [1.54, 1.807) is 4.68 Å². The number of halogens is 1. The van der Waals surface area contributed by atoms with Gasteiger partial charge in [0, 0.05) is 17.1 Å². The fourth-order valence-corrected chi connectivity index (χ4v) is 1.58. The second kappa shape index (κ2) is 4.12. The Labute approximate surface area is 96.3 Å². The van der Waals surface area contributed by atoms with Crippen LogP contribution in [0.5, 0.6) is 0 Å². The molecule has 78 valence electrons. The summed E-state index contributed by atoms with van der Waals surface area (Å²) in [7, 11) is 1.84. The quantitative estimate of drug-likeness (QED) is 0.901. The normalized spacial score (nSPS) is 10.6. The van der Waals surface area contributed by atoms with Crippen LogP contribution in [-0.4, -0.2) is 14.8 Å². The third-order valence-electron chi connectivity index (χ3n) is 2.14. The van der Waals surface area contributed by atoms with Crippen molar-refractivity contribution in [3.8, 4) is 11.4 Å². The molecular formula is C10H11BrN4. The third-order valence-corrected chi connectivity index (χ3v) is 2.67. The Morgan fingerprint density at radius 1 is 1.33 bits per heavy atom. The zero-order chi connectivity index (χ0) is 10.8. The molecule has 15 heavy (non-hydrogen) atoms. The lowest BCUT2D eigenvalue weighted by Gasteiger charge is -1.94. The van der Waals surface area contributed by atoms with Gasteiger partial charge in [0.2, 0.25) is 0 Å². The van der Waals surface area contributed by atoms with Crippen molar-refractivity contribution in [2.75, 3.05) is 0 Å². The van der Waals surface area contributed by atoms with Crippen LogP contribution < -0.4 is 5.73 Å². The van der Waals surface area contributed by atoms with Crippen LogP contribution in [0.15, 0.2) is 28.7 Å². The highest BCUT2D eigenvalue weighted by molar-refractivity contribution is 9.10. The Kier molecular flexibility index (Phi) is 2.83.